The van der Waals surface area contributed by atoms with Gasteiger partial charge in [0.1, 0.15) is 5.54 Å². The molecule has 1 saturated carbocycles. The maximum atomic E-state index is 11.2. The fourth-order valence-corrected chi connectivity index (χ4v) is 3.38. The molecule has 1 heterocycles. The van der Waals surface area contributed by atoms with Crippen LogP contribution in [-0.2, 0) is 4.79 Å². The van der Waals surface area contributed by atoms with Crippen molar-refractivity contribution in [3.8, 4) is 0 Å². The van der Waals surface area contributed by atoms with Gasteiger partial charge >= 0.3 is 5.97 Å². The van der Waals surface area contributed by atoms with Gasteiger partial charge in [-0.1, -0.05) is 13.8 Å². The third-order valence-electron chi connectivity index (χ3n) is 4.50. The lowest BCUT2D eigenvalue weighted by atomic mass is 9.99. The van der Waals surface area contributed by atoms with Crippen LogP contribution in [0.2, 0.25) is 0 Å². The van der Waals surface area contributed by atoms with Crippen molar-refractivity contribution >= 4 is 5.97 Å². The number of hydrogen-bond acceptors (Lipinski definition) is 4. The number of aliphatic carboxylic acids is 1. The topological polar surface area (TPSA) is 69.8 Å². The summed E-state index contributed by atoms with van der Waals surface area (Å²) in [7, 11) is 0. The number of piperazine rings is 1. The number of nitrogens with two attached hydrogens (primary N) is 1. The second kappa shape index (κ2) is 5.77. The van der Waals surface area contributed by atoms with E-state index in [9.17, 15) is 9.90 Å². The largest absolute Gasteiger partial charge is 0.480 e. The second-order valence-corrected chi connectivity index (χ2v) is 6.59. The van der Waals surface area contributed by atoms with Crippen LogP contribution >= 0.6 is 0 Å². The van der Waals surface area contributed by atoms with E-state index in [1.54, 1.807) is 0 Å². The number of carbonyl (C=O) groups is 1. The Morgan fingerprint density at radius 1 is 1.37 bits per heavy atom. The Morgan fingerprint density at radius 3 is 2.47 bits per heavy atom. The Morgan fingerprint density at radius 2 is 2.00 bits per heavy atom. The lowest BCUT2D eigenvalue weighted by Gasteiger charge is -2.39. The molecule has 19 heavy (non-hydrogen) atoms. The number of rotatable bonds is 4. The molecule has 110 valence electrons. The van der Waals surface area contributed by atoms with Gasteiger partial charge in [-0.05, 0) is 25.2 Å². The van der Waals surface area contributed by atoms with Crippen LogP contribution in [0.4, 0.5) is 0 Å². The monoisotopic (exact) mass is 269 g/mol. The Balaban J connectivity index is 1.81. The maximum absolute atomic E-state index is 11.2. The predicted octanol–water partition coefficient (Wildman–Crippen LogP) is 0.595. The van der Waals surface area contributed by atoms with Gasteiger partial charge in [-0.2, -0.15) is 0 Å². The fraction of sp³-hybridized carbons (Fsp3) is 0.929. The number of nitrogens with zero attached hydrogens (tertiary/aromatic N) is 2. The van der Waals surface area contributed by atoms with E-state index in [0.717, 1.165) is 39.1 Å². The maximum Gasteiger partial charge on any atom is 0.323 e. The first kappa shape index (κ1) is 14.8. The summed E-state index contributed by atoms with van der Waals surface area (Å²) in [5.41, 5.74) is 4.97. The van der Waals surface area contributed by atoms with Gasteiger partial charge in [-0.15, -0.1) is 0 Å². The van der Waals surface area contributed by atoms with E-state index in [0.29, 0.717) is 24.8 Å². The second-order valence-electron chi connectivity index (χ2n) is 6.59. The van der Waals surface area contributed by atoms with Crippen LogP contribution in [0.5, 0.6) is 0 Å². The van der Waals surface area contributed by atoms with Crippen molar-refractivity contribution in [3.63, 3.8) is 0 Å². The molecule has 0 bridgehead atoms. The summed E-state index contributed by atoms with van der Waals surface area (Å²) in [6.07, 6.45) is 2.14. The first-order chi connectivity index (χ1) is 8.90. The van der Waals surface area contributed by atoms with Crippen LogP contribution in [0.15, 0.2) is 0 Å². The lowest BCUT2D eigenvalue weighted by molar-refractivity contribution is -0.143. The van der Waals surface area contributed by atoms with Crippen molar-refractivity contribution in [2.24, 2.45) is 11.7 Å². The molecule has 2 atom stereocenters. The van der Waals surface area contributed by atoms with Gasteiger partial charge in [0.15, 0.2) is 0 Å². The zero-order chi connectivity index (χ0) is 14.0. The lowest BCUT2D eigenvalue weighted by Crippen LogP contribution is -2.52. The molecule has 0 spiro atoms. The average molecular weight is 269 g/mol. The molecule has 2 rings (SSSR count). The molecule has 1 aliphatic heterocycles. The van der Waals surface area contributed by atoms with Crippen LogP contribution in [0.25, 0.3) is 0 Å². The van der Waals surface area contributed by atoms with Gasteiger partial charge in [-0.3, -0.25) is 9.69 Å². The Kier molecular flexibility index (Phi) is 4.48. The fourth-order valence-electron chi connectivity index (χ4n) is 3.38. The molecule has 2 fully saturated rings. The van der Waals surface area contributed by atoms with Gasteiger partial charge < -0.3 is 15.7 Å². The van der Waals surface area contributed by atoms with Crippen molar-refractivity contribution in [3.05, 3.63) is 0 Å². The number of carboxylic acid groups (broad SMARTS) is 1. The first-order valence-electron chi connectivity index (χ1n) is 7.39. The molecular formula is C14H27N3O2. The third-order valence-corrected chi connectivity index (χ3v) is 4.50. The highest BCUT2D eigenvalue weighted by molar-refractivity contribution is 5.79. The summed E-state index contributed by atoms with van der Waals surface area (Å²) in [6, 6.07) is 0.363. The van der Waals surface area contributed by atoms with E-state index in [4.69, 9.17) is 5.73 Å². The smallest absolute Gasteiger partial charge is 0.323 e. The van der Waals surface area contributed by atoms with Crippen molar-refractivity contribution in [1.29, 1.82) is 0 Å². The summed E-state index contributed by atoms with van der Waals surface area (Å²) < 4.78 is 0. The van der Waals surface area contributed by atoms with Gasteiger partial charge in [0.2, 0.25) is 0 Å². The minimum atomic E-state index is -0.986. The van der Waals surface area contributed by atoms with E-state index in [1.807, 2.05) is 0 Å². The number of carboxylic acids is 1. The quantitative estimate of drug-likeness (QED) is 0.782. The highest BCUT2D eigenvalue weighted by atomic mass is 16.4. The van der Waals surface area contributed by atoms with Gasteiger partial charge in [0, 0.05) is 38.8 Å². The van der Waals surface area contributed by atoms with Gasteiger partial charge in [0.05, 0.1) is 0 Å². The number of hydrogen-bond donors (Lipinski definition) is 2. The van der Waals surface area contributed by atoms with Crippen molar-refractivity contribution in [2.75, 3.05) is 32.7 Å². The molecule has 5 nitrogen and oxygen atoms in total. The summed E-state index contributed by atoms with van der Waals surface area (Å²) in [5, 5.41) is 9.18. The van der Waals surface area contributed by atoms with Crippen LogP contribution in [-0.4, -0.2) is 65.2 Å². The normalized spacial score (nSPS) is 34.0. The zero-order valence-corrected chi connectivity index (χ0v) is 12.1. The molecule has 1 saturated heterocycles. The molecule has 2 unspecified atom stereocenters. The molecule has 0 aromatic heterocycles. The molecule has 1 aliphatic carbocycles. The van der Waals surface area contributed by atoms with Crippen molar-refractivity contribution in [2.45, 2.75) is 44.7 Å². The van der Waals surface area contributed by atoms with Crippen LogP contribution in [0.1, 0.15) is 33.1 Å². The first-order valence-corrected chi connectivity index (χ1v) is 7.39. The molecular weight excluding hydrogens is 242 g/mol. The summed E-state index contributed by atoms with van der Waals surface area (Å²) >= 11 is 0. The van der Waals surface area contributed by atoms with Crippen molar-refractivity contribution < 1.29 is 9.90 Å². The summed E-state index contributed by atoms with van der Waals surface area (Å²) in [4.78, 5) is 16.1. The van der Waals surface area contributed by atoms with E-state index >= 15 is 0 Å². The summed E-state index contributed by atoms with van der Waals surface area (Å²) in [5.74, 6) is -0.129. The van der Waals surface area contributed by atoms with Gasteiger partial charge in [-0.25, -0.2) is 0 Å². The zero-order valence-electron chi connectivity index (χ0n) is 12.1. The Bertz CT molecular complexity index is 327. The van der Waals surface area contributed by atoms with Gasteiger partial charge in [0.25, 0.3) is 0 Å². The Hall–Kier alpha value is -0.650. The highest BCUT2D eigenvalue weighted by Gasteiger charge is 2.44. The SMILES string of the molecule is CC(C)CN1CCN(C2CCC(N)(C(=O)O)C2)CC1. The highest BCUT2D eigenvalue weighted by Crippen LogP contribution is 2.32. The summed E-state index contributed by atoms with van der Waals surface area (Å²) in [6.45, 7) is 9.95. The predicted molar refractivity (Wildman–Crippen MR) is 75.0 cm³/mol. The van der Waals surface area contributed by atoms with Crippen LogP contribution in [0.3, 0.4) is 0 Å². The minimum absolute atomic E-state index is 0.363. The Labute approximate surface area is 115 Å². The molecule has 3 N–H and O–H groups in total. The van der Waals surface area contributed by atoms with E-state index in [2.05, 4.69) is 23.6 Å². The third kappa shape index (κ3) is 3.46. The van der Waals surface area contributed by atoms with E-state index in [-0.39, 0.29) is 0 Å². The minimum Gasteiger partial charge on any atom is -0.480 e. The molecule has 0 aromatic rings. The van der Waals surface area contributed by atoms with Crippen LogP contribution < -0.4 is 5.73 Å². The van der Waals surface area contributed by atoms with E-state index in [1.165, 1.54) is 0 Å². The van der Waals surface area contributed by atoms with E-state index < -0.39 is 11.5 Å². The molecule has 0 amide bonds. The van der Waals surface area contributed by atoms with Crippen LogP contribution in [0, 0.1) is 5.92 Å². The molecule has 0 radical (unpaired) electrons. The molecule has 0 aromatic carbocycles. The average Bonchev–Trinajstić information content (AvgIpc) is 2.74. The molecule has 2 aliphatic rings. The van der Waals surface area contributed by atoms with Crippen molar-refractivity contribution in [1.82, 2.24) is 9.80 Å². The standard InChI is InChI=1S/C14H27N3O2/c1-11(2)10-16-5-7-17(8-6-16)12-3-4-14(15,9-12)13(18)19/h11-12H,3-10,15H2,1-2H3,(H,18,19). The molecule has 5 heteroatoms.